The van der Waals surface area contributed by atoms with E-state index >= 15 is 0 Å². The van der Waals surface area contributed by atoms with Gasteiger partial charge in [-0.05, 0) is 31.0 Å². The van der Waals surface area contributed by atoms with E-state index in [0.29, 0.717) is 13.2 Å². The molecule has 0 unspecified atom stereocenters. The van der Waals surface area contributed by atoms with Crippen molar-refractivity contribution >= 4 is 17.7 Å². The molecule has 114 valence electrons. The number of nitrogens with one attached hydrogen (secondary N) is 1. The highest BCUT2D eigenvalue weighted by Crippen LogP contribution is 2.27. The third-order valence-electron chi connectivity index (χ3n) is 3.24. The number of methoxy groups -OCH3 is 1. The predicted octanol–water partition coefficient (Wildman–Crippen LogP) is 2.17. The lowest BCUT2D eigenvalue weighted by Gasteiger charge is -2.23. The second kappa shape index (κ2) is 6.53. The van der Waals surface area contributed by atoms with Gasteiger partial charge in [0, 0.05) is 19.7 Å². The van der Waals surface area contributed by atoms with Gasteiger partial charge in [0.05, 0.1) is 17.9 Å². The summed E-state index contributed by atoms with van der Waals surface area (Å²) >= 11 is 0. The Morgan fingerprint density at radius 3 is 2.76 bits per heavy atom. The van der Waals surface area contributed by atoms with Gasteiger partial charge in [0.15, 0.2) is 0 Å². The van der Waals surface area contributed by atoms with Crippen molar-refractivity contribution in [1.82, 2.24) is 4.90 Å². The lowest BCUT2D eigenvalue weighted by molar-refractivity contribution is 0.0698. The molecular formula is C14H17FN2O4. The van der Waals surface area contributed by atoms with E-state index in [1.54, 1.807) is 4.90 Å². The topological polar surface area (TPSA) is 78.9 Å². The average Bonchev–Trinajstić information content (AvgIpc) is 3.23. The highest BCUT2D eigenvalue weighted by Gasteiger charge is 2.32. The number of urea groups is 1. The number of halogens is 1. The first-order valence-electron chi connectivity index (χ1n) is 6.62. The summed E-state index contributed by atoms with van der Waals surface area (Å²) in [6.07, 6.45) is 1.82. The molecule has 0 atom stereocenters. The van der Waals surface area contributed by atoms with Crippen LogP contribution in [-0.4, -0.2) is 48.3 Å². The summed E-state index contributed by atoms with van der Waals surface area (Å²) in [6.45, 7) is 0.795. The molecule has 0 aromatic heterocycles. The Morgan fingerprint density at radius 2 is 2.19 bits per heavy atom. The third-order valence-corrected chi connectivity index (χ3v) is 3.24. The van der Waals surface area contributed by atoms with Crippen molar-refractivity contribution in [2.45, 2.75) is 18.9 Å². The van der Waals surface area contributed by atoms with Crippen LogP contribution in [0.2, 0.25) is 0 Å². The largest absolute Gasteiger partial charge is 0.478 e. The van der Waals surface area contributed by atoms with Gasteiger partial charge < -0.3 is 20.1 Å². The number of carboxylic acids is 1. The van der Waals surface area contributed by atoms with Crippen LogP contribution in [0.1, 0.15) is 23.2 Å². The molecule has 1 fully saturated rings. The van der Waals surface area contributed by atoms with E-state index in [4.69, 9.17) is 9.84 Å². The van der Waals surface area contributed by atoms with Crippen molar-refractivity contribution in [3.05, 3.63) is 29.6 Å². The minimum absolute atomic E-state index is 0.0458. The minimum Gasteiger partial charge on any atom is -0.478 e. The number of hydrogen-bond acceptors (Lipinski definition) is 3. The second-order valence-electron chi connectivity index (χ2n) is 4.84. The zero-order valence-corrected chi connectivity index (χ0v) is 11.6. The quantitative estimate of drug-likeness (QED) is 0.843. The molecule has 1 aromatic rings. The molecule has 1 aliphatic carbocycles. The van der Waals surface area contributed by atoms with E-state index in [-0.39, 0.29) is 17.3 Å². The minimum atomic E-state index is -1.22. The maximum atomic E-state index is 13.3. The zero-order chi connectivity index (χ0) is 15.4. The summed E-state index contributed by atoms with van der Waals surface area (Å²) in [5.41, 5.74) is -0.192. The van der Waals surface area contributed by atoms with Gasteiger partial charge >= 0.3 is 12.0 Å². The molecule has 7 heteroatoms. The smallest absolute Gasteiger partial charge is 0.337 e. The van der Waals surface area contributed by atoms with Crippen LogP contribution in [-0.2, 0) is 4.74 Å². The molecule has 21 heavy (non-hydrogen) atoms. The van der Waals surface area contributed by atoms with Gasteiger partial charge in [0.25, 0.3) is 0 Å². The van der Waals surface area contributed by atoms with Gasteiger partial charge in [-0.3, -0.25) is 0 Å². The van der Waals surface area contributed by atoms with Crippen molar-refractivity contribution in [3.63, 3.8) is 0 Å². The number of hydrogen-bond donors (Lipinski definition) is 2. The van der Waals surface area contributed by atoms with Gasteiger partial charge in [-0.15, -0.1) is 0 Å². The first-order chi connectivity index (χ1) is 10.0. The predicted molar refractivity (Wildman–Crippen MR) is 74.0 cm³/mol. The fourth-order valence-corrected chi connectivity index (χ4v) is 2.02. The number of anilines is 1. The van der Waals surface area contributed by atoms with Crippen molar-refractivity contribution in [2.24, 2.45) is 0 Å². The van der Waals surface area contributed by atoms with E-state index < -0.39 is 17.8 Å². The molecular weight excluding hydrogens is 279 g/mol. The number of ether oxygens (including phenoxy) is 1. The van der Waals surface area contributed by atoms with Crippen LogP contribution >= 0.6 is 0 Å². The number of amides is 2. The standard InChI is InChI=1S/C14H17FN2O4/c1-21-7-6-17(10-3-4-10)14(20)16-12-8-9(15)2-5-11(12)13(18)19/h2,5,8,10H,3-4,6-7H2,1H3,(H,16,20)(H,18,19). The van der Waals surface area contributed by atoms with E-state index in [2.05, 4.69) is 5.32 Å². The highest BCUT2D eigenvalue weighted by atomic mass is 19.1. The normalized spacial score (nSPS) is 13.8. The van der Waals surface area contributed by atoms with Crippen molar-refractivity contribution < 1.29 is 23.8 Å². The average molecular weight is 296 g/mol. The summed E-state index contributed by atoms with van der Waals surface area (Å²) in [5.74, 6) is -1.83. The van der Waals surface area contributed by atoms with Crippen LogP contribution in [0.5, 0.6) is 0 Å². The van der Waals surface area contributed by atoms with Gasteiger partial charge in [-0.2, -0.15) is 0 Å². The monoisotopic (exact) mass is 296 g/mol. The Labute approximate surface area is 121 Å². The van der Waals surface area contributed by atoms with Gasteiger partial charge in [-0.1, -0.05) is 0 Å². The number of carbonyl (C=O) groups excluding carboxylic acids is 1. The fraction of sp³-hybridized carbons (Fsp3) is 0.429. The maximum absolute atomic E-state index is 13.3. The lowest BCUT2D eigenvalue weighted by Crippen LogP contribution is -2.39. The van der Waals surface area contributed by atoms with Crippen molar-refractivity contribution in [2.75, 3.05) is 25.6 Å². The van der Waals surface area contributed by atoms with Gasteiger partial charge in [0.2, 0.25) is 0 Å². The molecule has 0 aliphatic heterocycles. The van der Waals surface area contributed by atoms with Crippen molar-refractivity contribution in [1.29, 1.82) is 0 Å². The molecule has 2 rings (SSSR count). The molecule has 0 saturated heterocycles. The fourth-order valence-electron chi connectivity index (χ4n) is 2.02. The second-order valence-corrected chi connectivity index (χ2v) is 4.84. The van der Waals surface area contributed by atoms with Crippen LogP contribution in [0.3, 0.4) is 0 Å². The van der Waals surface area contributed by atoms with Gasteiger partial charge in [0.1, 0.15) is 5.82 Å². The van der Waals surface area contributed by atoms with Crippen molar-refractivity contribution in [3.8, 4) is 0 Å². The highest BCUT2D eigenvalue weighted by molar-refractivity contribution is 6.00. The Bertz CT molecular complexity index is 546. The Kier molecular flexibility index (Phi) is 4.74. The third kappa shape index (κ3) is 3.91. The SMILES string of the molecule is COCCN(C(=O)Nc1cc(F)ccc1C(=O)O)C1CC1. The molecule has 1 saturated carbocycles. The van der Waals surface area contributed by atoms with E-state index in [1.807, 2.05) is 0 Å². The van der Waals surface area contributed by atoms with Crippen LogP contribution in [0, 0.1) is 5.82 Å². The first kappa shape index (κ1) is 15.2. The zero-order valence-electron chi connectivity index (χ0n) is 11.6. The molecule has 0 radical (unpaired) electrons. The number of nitrogens with zero attached hydrogens (tertiary/aromatic N) is 1. The Morgan fingerprint density at radius 1 is 1.48 bits per heavy atom. The molecule has 0 bridgehead atoms. The maximum Gasteiger partial charge on any atom is 0.337 e. The summed E-state index contributed by atoms with van der Waals surface area (Å²) in [6, 6.07) is 2.87. The van der Waals surface area contributed by atoms with Crippen LogP contribution in [0.15, 0.2) is 18.2 Å². The van der Waals surface area contributed by atoms with E-state index in [9.17, 15) is 14.0 Å². The molecule has 1 aliphatic rings. The molecule has 0 heterocycles. The first-order valence-corrected chi connectivity index (χ1v) is 6.62. The van der Waals surface area contributed by atoms with E-state index in [0.717, 1.165) is 31.0 Å². The molecule has 2 amide bonds. The number of carboxylic acid groups (broad SMARTS) is 1. The number of rotatable bonds is 6. The molecule has 2 N–H and O–H groups in total. The van der Waals surface area contributed by atoms with Crippen LogP contribution < -0.4 is 5.32 Å². The Hall–Kier alpha value is -2.15. The van der Waals surface area contributed by atoms with Crippen LogP contribution in [0.25, 0.3) is 0 Å². The summed E-state index contributed by atoms with van der Waals surface area (Å²) in [4.78, 5) is 24.9. The summed E-state index contributed by atoms with van der Waals surface area (Å²) in [7, 11) is 1.54. The number of aromatic carboxylic acids is 1. The number of benzene rings is 1. The lowest BCUT2D eigenvalue weighted by atomic mass is 10.2. The summed E-state index contributed by atoms with van der Waals surface area (Å²) < 4.78 is 18.2. The number of carbonyl (C=O) groups is 2. The van der Waals surface area contributed by atoms with Gasteiger partial charge in [-0.25, -0.2) is 14.0 Å². The van der Waals surface area contributed by atoms with Crippen LogP contribution in [0.4, 0.5) is 14.9 Å². The molecule has 0 spiro atoms. The Balaban J connectivity index is 2.13. The molecule has 6 nitrogen and oxygen atoms in total. The molecule has 1 aromatic carbocycles. The van der Waals surface area contributed by atoms with E-state index in [1.165, 1.54) is 7.11 Å². The summed E-state index contributed by atoms with van der Waals surface area (Å²) in [5, 5.41) is 11.5.